The van der Waals surface area contributed by atoms with Gasteiger partial charge < -0.3 is 0 Å². The third kappa shape index (κ3) is 3.24. The van der Waals surface area contributed by atoms with Crippen molar-refractivity contribution in [3.63, 3.8) is 0 Å². The van der Waals surface area contributed by atoms with Crippen LogP contribution in [0.2, 0.25) is 0 Å². The van der Waals surface area contributed by atoms with E-state index in [2.05, 4.69) is 59.9 Å². The molecule has 0 unspecified atom stereocenters. The van der Waals surface area contributed by atoms with Gasteiger partial charge in [-0.15, -0.1) is 11.8 Å². The van der Waals surface area contributed by atoms with Crippen LogP contribution in [0.4, 0.5) is 0 Å². The van der Waals surface area contributed by atoms with E-state index in [0.29, 0.717) is 0 Å². The molecule has 0 fully saturated rings. The van der Waals surface area contributed by atoms with E-state index in [0.717, 1.165) is 11.5 Å². The quantitative estimate of drug-likeness (QED) is 0.511. The molecular formula is C14H23OS+. The van der Waals surface area contributed by atoms with Crippen LogP contribution in [0.15, 0.2) is 21.4 Å². The topological polar surface area (TPSA) is 11.3 Å². The molecule has 0 aliphatic carbocycles. The van der Waals surface area contributed by atoms with Gasteiger partial charge in [-0.25, -0.2) is 4.42 Å². The van der Waals surface area contributed by atoms with Crippen LogP contribution in [0.5, 0.6) is 0 Å². The molecule has 0 aliphatic rings. The Morgan fingerprint density at radius 1 is 0.875 bits per heavy atom. The van der Waals surface area contributed by atoms with E-state index in [9.17, 15) is 0 Å². The second-order valence-electron chi connectivity index (χ2n) is 6.23. The van der Waals surface area contributed by atoms with Crippen LogP contribution < -0.4 is 0 Å². The molecule has 0 saturated heterocycles. The molecule has 90 valence electrons. The Labute approximate surface area is 104 Å². The van der Waals surface area contributed by atoms with Crippen molar-refractivity contribution in [2.24, 2.45) is 0 Å². The summed E-state index contributed by atoms with van der Waals surface area (Å²) in [5, 5.41) is 0. The maximum absolute atomic E-state index is 6.04. The largest absolute Gasteiger partial charge is 0.335 e. The first-order chi connectivity index (χ1) is 7.14. The van der Waals surface area contributed by atoms with E-state index in [4.69, 9.17) is 4.42 Å². The molecule has 0 N–H and O–H groups in total. The average Bonchev–Trinajstić information content (AvgIpc) is 2.14. The molecule has 0 amide bonds. The van der Waals surface area contributed by atoms with Crippen molar-refractivity contribution in [2.45, 2.75) is 57.3 Å². The Balaban J connectivity index is 3.33. The van der Waals surface area contributed by atoms with E-state index >= 15 is 0 Å². The zero-order valence-corrected chi connectivity index (χ0v) is 12.3. The Hall–Kier alpha value is -0.500. The Morgan fingerprint density at radius 2 is 1.25 bits per heavy atom. The molecule has 1 aromatic heterocycles. The van der Waals surface area contributed by atoms with Crippen LogP contribution in [-0.2, 0) is 10.8 Å². The van der Waals surface area contributed by atoms with Gasteiger partial charge in [-0.05, 0) is 47.8 Å². The molecule has 2 heteroatoms. The normalized spacial score (nSPS) is 12.9. The summed E-state index contributed by atoms with van der Waals surface area (Å²) in [5.41, 5.74) is 0.123. The highest BCUT2D eigenvalue weighted by atomic mass is 32.2. The highest BCUT2D eigenvalue weighted by molar-refractivity contribution is 7.98. The minimum Gasteiger partial charge on any atom is -0.217 e. The van der Waals surface area contributed by atoms with E-state index < -0.39 is 0 Å². The summed E-state index contributed by atoms with van der Waals surface area (Å²) in [6, 6.07) is 4.31. The average molecular weight is 239 g/mol. The summed E-state index contributed by atoms with van der Waals surface area (Å²) < 4.78 is 6.04. The molecule has 0 spiro atoms. The van der Waals surface area contributed by atoms with Crippen molar-refractivity contribution in [3.8, 4) is 0 Å². The first kappa shape index (κ1) is 13.6. The first-order valence-corrected chi connectivity index (χ1v) is 6.90. The van der Waals surface area contributed by atoms with Crippen LogP contribution >= 0.6 is 11.8 Å². The fourth-order valence-corrected chi connectivity index (χ4v) is 1.78. The van der Waals surface area contributed by atoms with Gasteiger partial charge in [0.25, 0.3) is 0 Å². The molecule has 1 rings (SSSR count). The molecule has 0 saturated carbocycles. The lowest BCUT2D eigenvalue weighted by atomic mass is 9.90. The van der Waals surface area contributed by atoms with E-state index in [-0.39, 0.29) is 10.8 Å². The van der Waals surface area contributed by atoms with Crippen molar-refractivity contribution >= 4 is 11.8 Å². The summed E-state index contributed by atoms with van der Waals surface area (Å²) in [4.78, 5) is 1.28. The van der Waals surface area contributed by atoms with E-state index in [1.54, 1.807) is 11.8 Å². The van der Waals surface area contributed by atoms with Gasteiger partial charge in [0.05, 0.1) is 23.0 Å². The van der Waals surface area contributed by atoms with Gasteiger partial charge >= 0.3 is 11.5 Å². The molecule has 16 heavy (non-hydrogen) atoms. The van der Waals surface area contributed by atoms with E-state index in [1.807, 2.05) is 0 Å². The summed E-state index contributed by atoms with van der Waals surface area (Å²) in [6.45, 7) is 13.1. The SMILES string of the molecule is CSc1cc(C(C)(C)C)[o+]c(C(C)(C)C)c1. The zero-order chi connectivity index (χ0) is 12.6. The smallest absolute Gasteiger partial charge is 0.217 e. The lowest BCUT2D eigenvalue weighted by Crippen LogP contribution is -2.16. The molecule has 0 aromatic carbocycles. The van der Waals surface area contributed by atoms with Gasteiger partial charge in [-0.2, -0.15) is 0 Å². The Bertz CT molecular complexity index is 337. The summed E-state index contributed by atoms with van der Waals surface area (Å²) in [7, 11) is 0. The van der Waals surface area contributed by atoms with Gasteiger partial charge in [0.1, 0.15) is 0 Å². The van der Waals surface area contributed by atoms with Crippen molar-refractivity contribution in [2.75, 3.05) is 6.26 Å². The molecule has 1 heterocycles. The fraction of sp³-hybridized carbons (Fsp3) is 0.643. The highest BCUT2D eigenvalue weighted by Crippen LogP contribution is 2.32. The lowest BCUT2D eigenvalue weighted by Gasteiger charge is -2.14. The van der Waals surface area contributed by atoms with Gasteiger partial charge in [-0.1, -0.05) is 0 Å². The minimum absolute atomic E-state index is 0.0613. The predicted molar refractivity (Wildman–Crippen MR) is 72.3 cm³/mol. The van der Waals surface area contributed by atoms with E-state index in [1.165, 1.54) is 4.90 Å². The lowest BCUT2D eigenvalue weighted by molar-refractivity contribution is 0.326. The minimum atomic E-state index is 0.0613. The number of hydrogen-bond donors (Lipinski definition) is 0. The Morgan fingerprint density at radius 3 is 1.50 bits per heavy atom. The van der Waals surface area contributed by atoms with Gasteiger partial charge in [0.15, 0.2) is 0 Å². The van der Waals surface area contributed by atoms with Crippen LogP contribution in [0.3, 0.4) is 0 Å². The maximum Gasteiger partial charge on any atom is 0.335 e. The summed E-state index contributed by atoms with van der Waals surface area (Å²) in [6.07, 6.45) is 2.11. The second kappa shape index (κ2) is 4.40. The summed E-state index contributed by atoms with van der Waals surface area (Å²) >= 11 is 1.77. The van der Waals surface area contributed by atoms with Crippen LogP contribution in [0.1, 0.15) is 53.1 Å². The number of hydrogen-bond acceptors (Lipinski definition) is 1. The van der Waals surface area contributed by atoms with Gasteiger partial charge in [-0.3, -0.25) is 0 Å². The third-order valence-corrected chi connectivity index (χ3v) is 3.19. The standard InChI is InChI=1S/C14H23OS/c1-13(2,3)11-8-10(16-7)9-12(15-11)14(4,5)6/h8-9H,1-7H3/q+1. The van der Waals surface area contributed by atoms with Gasteiger partial charge in [0, 0.05) is 4.90 Å². The molecule has 1 aromatic rings. The van der Waals surface area contributed by atoms with Crippen molar-refractivity contribution in [1.29, 1.82) is 0 Å². The van der Waals surface area contributed by atoms with Gasteiger partial charge in [0.2, 0.25) is 0 Å². The monoisotopic (exact) mass is 239 g/mol. The highest BCUT2D eigenvalue weighted by Gasteiger charge is 2.33. The first-order valence-electron chi connectivity index (χ1n) is 5.68. The molecule has 0 radical (unpaired) electrons. The molecule has 1 nitrogen and oxygen atoms in total. The van der Waals surface area contributed by atoms with Crippen LogP contribution in [0.25, 0.3) is 0 Å². The molecule has 0 atom stereocenters. The number of thioether (sulfide) groups is 1. The fourth-order valence-electron chi connectivity index (χ4n) is 1.33. The third-order valence-electron chi connectivity index (χ3n) is 2.48. The van der Waals surface area contributed by atoms with Crippen molar-refractivity contribution < 1.29 is 4.42 Å². The molecule has 0 aliphatic heterocycles. The van der Waals surface area contributed by atoms with Crippen molar-refractivity contribution in [3.05, 3.63) is 23.7 Å². The maximum atomic E-state index is 6.04. The zero-order valence-electron chi connectivity index (χ0n) is 11.5. The predicted octanol–water partition coefficient (Wildman–Crippen LogP) is 4.88. The number of rotatable bonds is 1. The second-order valence-corrected chi connectivity index (χ2v) is 7.11. The van der Waals surface area contributed by atoms with Crippen LogP contribution in [-0.4, -0.2) is 6.26 Å². The van der Waals surface area contributed by atoms with Crippen molar-refractivity contribution in [1.82, 2.24) is 0 Å². The summed E-state index contributed by atoms with van der Waals surface area (Å²) in [5.74, 6) is 2.12. The molecular weight excluding hydrogens is 216 g/mol. The van der Waals surface area contributed by atoms with Crippen LogP contribution in [0, 0.1) is 0 Å². The Kier molecular flexibility index (Phi) is 3.73. The molecule has 0 bridgehead atoms.